The molecule has 0 saturated carbocycles. The summed E-state index contributed by atoms with van der Waals surface area (Å²) in [5.74, 6) is 0. The summed E-state index contributed by atoms with van der Waals surface area (Å²) in [6.07, 6.45) is 0. The lowest BCUT2D eigenvalue weighted by Crippen LogP contribution is -1.94. The van der Waals surface area contributed by atoms with Crippen molar-refractivity contribution in [3.63, 3.8) is 0 Å². The van der Waals surface area contributed by atoms with E-state index in [1.165, 1.54) is 98.4 Å². The normalized spacial score (nSPS) is 12.0. The highest BCUT2D eigenvalue weighted by Crippen LogP contribution is 2.42. The molecule has 0 amide bonds. The van der Waals surface area contributed by atoms with Gasteiger partial charge in [0.2, 0.25) is 0 Å². The van der Waals surface area contributed by atoms with E-state index in [2.05, 4.69) is 191 Å². The molecule has 2 heterocycles. The lowest BCUT2D eigenvalue weighted by molar-refractivity contribution is 1.18. The van der Waals surface area contributed by atoms with Crippen LogP contribution in [0.5, 0.6) is 0 Å². The fraction of sp³-hybridized carbons (Fsp3) is 0. The standard InChI is InChI=1S/C48H30N2/c1-2-13-32(14-3-1)49-44-22-10-8-19-40(44)43-29-31(25-28-46(43)49)34-21-12-24-47-48(34)41-20-9-11-23-45(41)50(47)33-26-27-39-37-17-5-4-15-35(37)36-16-6-7-18-38(36)42(39)30-33/h1-30H. The number of aromatic nitrogens is 2. The van der Waals surface area contributed by atoms with Crippen LogP contribution >= 0.6 is 0 Å². The van der Waals surface area contributed by atoms with Crippen molar-refractivity contribution in [2.75, 3.05) is 0 Å². The van der Waals surface area contributed by atoms with E-state index in [0.717, 1.165) is 0 Å². The fourth-order valence-electron chi connectivity index (χ4n) is 8.57. The average molecular weight is 635 g/mol. The Hall–Kier alpha value is -6.64. The molecule has 11 rings (SSSR count). The van der Waals surface area contributed by atoms with Gasteiger partial charge in [-0.3, -0.25) is 0 Å². The summed E-state index contributed by atoms with van der Waals surface area (Å²) in [6, 6.07) is 66.7. The van der Waals surface area contributed by atoms with Crippen LogP contribution in [0.25, 0.3) is 98.4 Å². The van der Waals surface area contributed by atoms with Crippen molar-refractivity contribution in [3.8, 4) is 22.5 Å². The molecule has 0 radical (unpaired) electrons. The molecule has 2 nitrogen and oxygen atoms in total. The van der Waals surface area contributed by atoms with Crippen LogP contribution in [0.1, 0.15) is 0 Å². The third-order valence-electron chi connectivity index (χ3n) is 10.7. The molecular weight excluding hydrogens is 605 g/mol. The number of para-hydroxylation sites is 3. The molecule has 2 heteroatoms. The molecule has 9 aromatic carbocycles. The predicted molar refractivity (Wildman–Crippen MR) is 213 cm³/mol. The number of fused-ring (bicyclic) bond motifs is 12. The van der Waals surface area contributed by atoms with Gasteiger partial charge in [0.25, 0.3) is 0 Å². The minimum atomic E-state index is 1.17. The predicted octanol–water partition coefficient (Wildman–Crippen LogP) is 13.0. The van der Waals surface area contributed by atoms with Crippen LogP contribution in [-0.4, -0.2) is 9.13 Å². The van der Waals surface area contributed by atoms with Crippen molar-refractivity contribution in [3.05, 3.63) is 182 Å². The van der Waals surface area contributed by atoms with Crippen molar-refractivity contribution in [2.24, 2.45) is 0 Å². The van der Waals surface area contributed by atoms with Crippen molar-refractivity contribution >= 4 is 75.9 Å². The summed E-state index contributed by atoms with van der Waals surface area (Å²) in [7, 11) is 0. The smallest absolute Gasteiger partial charge is 0.0547 e. The summed E-state index contributed by atoms with van der Waals surface area (Å²) in [6.45, 7) is 0. The Labute approximate surface area is 288 Å². The van der Waals surface area contributed by atoms with Crippen molar-refractivity contribution < 1.29 is 0 Å². The number of hydrogen-bond acceptors (Lipinski definition) is 0. The molecule has 11 aromatic rings. The highest BCUT2D eigenvalue weighted by atomic mass is 15.0. The summed E-state index contributed by atoms with van der Waals surface area (Å²) >= 11 is 0. The van der Waals surface area contributed by atoms with Gasteiger partial charge in [-0.15, -0.1) is 0 Å². The fourth-order valence-corrected chi connectivity index (χ4v) is 8.57. The van der Waals surface area contributed by atoms with Gasteiger partial charge in [0, 0.05) is 32.9 Å². The topological polar surface area (TPSA) is 9.86 Å². The Kier molecular flexibility index (Phi) is 5.70. The van der Waals surface area contributed by atoms with Crippen LogP contribution in [0, 0.1) is 0 Å². The van der Waals surface area contributed by atoms with Gasteiger partial charge in [0.15, 0.2) is 0 Å². The van der Waals surface area contributed by atoms with E-state index in [1.54, 1.807) is 0 Å². The molecular formula is C48H30N2. The second kappa shape index (κ2) is 10.4. The first-order chi connectivity index (χ1) is 24.8. The van der Waals surface area contributed by atoms with E-state index in [4.69, 9.17) is 0 Å². The first kappa shape index (κ1) is 27.3. The third kappa shape index (κ3) is 3.79. The van der Waals surface area contributed by atoms with Gasteiger partial charge in [0.05, 0.1) is 22.1 Å². The molecule has 0 fully saturated rings. The van der Waals surface area contributed by atoms with Crippen LogP contribution in [0.15, 0.2) is 182 Å². The molecule has 0 bridgehead atoms. The molecule has 0 aliphatic heterocycles. The second-order valence-electron chi connectivity index (χ2n) is 13.3. The summed E-state index contributed by atoms with van der Waals surface area (Å²) in [5, 5.41) is 12.8. The van der Waals surface area contributed by atoms with Crippen molar-refractivity contribution in [2.45, 2.75) is 0 Å². The van der Waals surface area contributed by atoms with Gasteiger partial charge in [0.1, 0.15) is 0 Å². The molecule has 2 aromatic heterocycles. The summed E-state index contributed by atoms with van der Waals surface area (Å²) < 4.78 is 4.84. The molecule has 0 aliphatic rings. The second-order valence-corrected chi connectivity index (χ2v) is 13.3. The van der Waals surface area contributed by atoms with Gasteiger partial charge in [-0.25, -0.2) is 0 Å². The van der Waals surface area contributed by atoms with Crippen LogP contribution < -0.4 is 0 Å². The molecule has 0 unspecified atom stereocenters. The van der Waals surface area contributed by atoms with Crippen molar-refractivity contribution in [1.29, 1.82) is 0 Å². The lowest BCUT2D eigenvalue weighted by atomic mass is 9.94. The average Bonchev–Trinajstić information content (AvgIpc) is 3.71. The van der Waals surface area contributed by atoms with E-state index in [0.29, 0.717) is 0 Å². The Morgan fingerprint density at radius 3 is 1.50 bits per heavy atom. The van der Waals surface area contributed by atoms with Crippen LogP contribution in [0.4, 0.5) is 0 Å². The maximum absolute atomic E-state index is 2.46. The summed E-state index contributed by atoms with van der Waals surface area (Å²) in [5.41, 5.74) is 9.66. The molecule has 232 valence electrons. The monoisotopic (exact) mass is 634 g/mol. The number of nitrogens with zero attached hydrogens (tertiary/aromatic N) is 2. The Bertz CT molecular complexity index is 3110. The molecule has 0 aliphatic carbocycles. The molecule has 0 N–H and O–H groups in total. The number of hydrogen-bond donors (Lipinski definition) is 0. The molecule has 0 atom stereocenters. The maximum Gasteiger partial charge on any atom is 0.0547 e. The first-order valence-corrected chi connectivity index (χ1v) is 17.3. The van der Waals surface area contributed by atoms with Gasteiger partial charge in [-0.1, -0.05) is 127 Å². The zero-order valence-corrected chi connectivity index (χ0v) is 27.2. The van der Waals surface area contributed by atoms with Crippen LogP contribution in [0.3, 0.4) is 0 Å². The quantitative estimate of drug-likeness (QED) is 0.171. The highest BCUT2D eigenvalue weighted by molar-refractivity contribution is 6.26. The van der Waals surface area contributed by atoms with E-state index >= 15 is 0 Å². The van der Waals surface area contributed by atoms with Gasteiger partial charge in [-0.2, -0.15) is 0 Å². The highest BCUT2D eigenvalue weighted by Gasteiger charge is 2.19. The Balaban J connectivity index is 1.18. The largest absolute Gasteiger partial charge is 0.309 e. The minimum absolute atomic E-state index is 1.17. The van der Waals surface area contributed by atoms with Crippen molar-refractivity contribution in [1.82, 2.24) is 9.13 Å². The third-order valence-corrected chi connectivity index (χ3v) is 10.7. The number of rotatable bonds is 3. The zero-order valence-electron chi connectivity index (χ0n) is 27.2. The zero-order chi connectivity index (χ0) is 32.8. The van der Waals surface area contributed by atoms with Gasteiger partial charge < -0.3 is 9.13 Å². The summed E-state index contributed by atoms with van der Waals surface area (Å²) in [4.78, 5) is 0. The van der Waals surface area contributed by atoms with Crippen LogP contribution in [-0.2, 0) is 0 Å². The molecule has 0 spiro atoms. The number of benzene rings is 9. The maximum atomic E-state index is 2.46. The SMILES string of the molecule is c1ccc(-n2c3ccccc3c3cc(-c4cccc5c4c4ccccc4n5-c4ccc5c6ccccc6c6ccccc6c5c4)ccc32)cc1. The van der Waals surface area contributed by atoms with E-state index in [1.807, 2.05) is 0 Å². The van der Waals surface area contributed by atoms with Gasteiger partial charge in [-0.05, 0) is 98.0 Å². The Morgan fingerprint density at radius 1 is 0.260 bits per heavy atom. The van der Waals surface area contributed by atoms with Crippen LogP contribution in [0.2, 0.25) is 0 Å². The molecule has 50 heavy (non-hydrogen) atoms. The Morgan fingerprint density at radius 2 is 0.780 bits per heavy atom. The van der Waals surface area contributed by atoms with E-state index < -0.39 is 0 Å². The van der Waals surface area contributed by atoms with Gasteiger partial charge >= 0.3 is 0 Å². The first-order valence-electron chi connectivity index (χ1n) is 17.3. The molecule has 0 saturated heterocycles. The lowest BCUT2D eigenvalue weighted by Gasteiger charge is -2.14. The van der Waals surface area contributed by atoms with E-state index in [-0.39, 0.29) is 0 Å². The van der Waals surface area contributed by atoms with E-state index in [9.17, 15) is 0 Å². The minimum Gasteiger partial charge on any atom is -0.309 e.